The SMILES string of the molecule is CCN(CC)CCCOc1ccc(N(CC2CCCC2)C(=O)[C@H](N)Cc2ccccc2)cc1. The number of amides is 1. The lowest BCUT2D eigenvalue weighted by Crippen LogP contribution is -2.46. The van der Waals surface area contributed by atoms with Gasteiger partial charge in [-0.05, 0) is 74.5 Å². The lowest BCUT2D eigenvalue weighted by atomic mass is 10.0. The Labute approximate surface area is 199 Å². The third-order valence-electron chi connectivity index (χ3n) is 6.73. The van der Waals surface area contributed by atoms with Gasteiger partial charge in [0.2, 0.25) is 5.91 Å². The summed E-state index contributed by atoms with van der Waals surface area (Å²) in [7, 11) is 0. The molecule has 0 bridgehead atoms. The van der Waals surface area contributed by atoms with E-state index >= 15 is 0 Å². The third-order valence-corrected chi connectivity index (χ3v) is 6.73. The fraction of sp³-hybridized carbons (Fsp3) is 0.536. The summed E-state index contributed by atoms with van der Waals surface area (Å²) in [6.45, 7) is 9.01. The number of ether oxygens (including phenoxy) is 1. The van der Waals surface area contributed by atoms with E-state index in [9.17, 15) is 4.79 Å². The Morgan fingerprint density at radius 1 is 1.03 bits per heavy atom. The Kier molecular flexibility index (Phi) is 10.2. The monoisotopic (exact) mass is 451 g/mol. The number of anilines is 1. The zero-order valence-corrected chi connectivity index (χ0v) is 20.4. The van der Waals surface area contributed by atoms with Gasteiger partial charge in [-0.3, -0.25) is 4.79 Å². The molecule has 1 atom stereocenters. The fourth-order valence-electron chi connectivity index (χ4n) is 4.67. The van der Waals surface area contributed by atoms with Crippen LogP contribution in [-0.2, 0) is 11.2 Å². The molecule has 2 N–H and O–H groups in total. The summed E-state index contributed by atoms with van der Waals surface area (Å²) in [6.07, 6.45) is 6.43. The molecule has 5 nitrogen and oxygen atoms in total. The Morgan fingerprint density at radius 2 is 1.70 bits per heavy atom. The summed E-state index contributed by atoms with van der Waals surface area (Å²) in [5.74, 6) is 1.40. The van der Waals surface area contributed by atoms with Gasteiger partial charge < -0.3 is 20.3 Å². The van der Waals surface area contributed by atoms with Crippen LogP contribution in [0.1, 0.15) is 51.5 Å². The van der Waals surface area contributed by atoms with Crippen molar-refractivity contribution >= 4 is 11.6 Å². The molecule has 180 valence electrons. The van der Waals surface area contributed by atoms with Gasteiger partial charge in [-0.25, -0.2) is 0 Å². The Balaban J connectivity index is 1.62. The molecule has 0 radical (unpaired) electrons. The van der Waals surface area contributed by atoms with Crippen LogP contribution in [0.2, 0.25) is 0 Å². The van der Waals surface area contributed by atoms with Crippen molar-refractivity contribution in [2.75, 3.05) is 37.7 Å². The van der Waals surface area contributed by atoms with Crippen molar-refractivity contribution in [1.29, 1.82) is 0 Å². The number of nitrogens with two attached hydrogens (primary N) is 1. The number of benzene rings is 2. The lowest BCUT2D eigenvalue weighted by Gasteiger charge is -2.28. The first-order valence-corrected chi connectivity index (χ1v) is 12.7. The average Bonchev–Trinajstić information content (AvgIpc) is 3.37. The van der Waals surface area contributed by atoms with E-state index in [0.29, 0.717) is 18.9 Å². The summed E-state index contributed by atoms with van der Waals surface area (Å²) >= 11 is 0. The van der Waals surface area contributed by atoms with Crippen molar-refractivity contribution < 1.29 is 9.53 Å². The second-order valence-corrected chi connectivity index (χ2v) is 9.12. The summed E-state index contributed by atoms with van der Waals surface area (Å²) in [5, 5.41) is 0. The number of carbonyl (C=O) groups excluding carboxylic acids is 1. The van der Waals surface area contributed by atoms with E-state index in [4.69, 9.17) is 10.5 Å². The van der Waals surface area contributed by atoms with Gasteiger partial charge in [0.15, 0.2) is 0 Å². The quantitative estimate of drug-likeness (QED) is 0.441. The van der Waals surface area contributed by atoms with Crippen LogP contribution >= 0.6 is 0 Å². The molecule has 1 amide bonds. The minimum Gasteiger partial charge on any atom is -0.494 e. The largest absolute Gasteiger partial charge is 0.494 e. The highest BCUT2D eigenvalue weighted by Crippen LogP contribution is 2.29. The van der Waals surface area contributed by atoms with Crippen LogP contribution in [0.5, 0.6) is 5.75 Å². The second kappa shape index (κ2) is 13.4. The molecule has 2 aromatic carbocycles. The van der Waals surface area contributed by atoms with Crippen molar-refractivity contribution in [3.05, 3.63) is 60.2 Å². The second-order valence-electron chi connectivity index (χ2n) is 9.12. The standard InChI is InChI=1S/C28H41N3O2/c1-3-30(4-2)19-10-20-33-26-17-15-25(16-18-26)31(22-24-13-8-9-14-24)28(32)27(29)21-23-11-6-5-7-12-23/h5-7,11-12,15-18,24,27H,3-4,8-10,13-14,19-22,29H2,1-2H3/t27-/m1/s1. The van der Waals surface area contributed by atoms with Gasteiger partial charge in [0.25, 0.3) is 0 Å². The van der Waals surface area contributed by atoms with E-state index in [-0.39, 0.29) is 5.91 Å². The zero-order chi connectivity index (χ0) is 23.5. The predicted molar refractivity (Wildman–Crippen MR) is 137 cm³/mol. The van der Waals surface area contributed by atoms with Crippen LogP contribution in [-0.4, -0.2) is 49.6 Å². The molecule has 2 aromatic rings. The average molecular weight is 452 g/mol. The number of hydrogen-bond acceptors (Lipinski definition) is 4. The molecule has 1 aliphatic carbocycles. The van der Waals surface area contributed by atoms with Crippen molar-refractivity contribution in [2.45, 2.75) is 58.4 Å². The predicted octanol–water partition coefficient (Wildman–Crippen LogP) is 4.89. The first-order valence-electron chi connectivity index (χ1n) is 12.7. The molecule has 0 saturated heterocycles. The highest BCUT2D eigenvalue weighted by atomic mass is 16.5. The van der Waals surface area contributed by atoms with E-state index in [1.165, 1.54) is 25.7 Å². The van der Waals surface area contributed by atoms with Crippen LogP contribution in [0.15, 0.2) is 54.6 Å². The van der Waals surface area contributed by atoms with Crippen molar-refractivity contribution in [3.8, 4) is 5.75 Å². The van der Waals surface area contributed by atoms with E-state index in [2.05, 4.69) is 18.7 Å². The smallest absolute Gasteiger partial charge is 0.244 e. The Hall–Kier alpha value is -2.37. The molecule has 0 heterocycles. The van der Waals surface area contributed by atoms with Crippen molar-refractivity contribution in [1.82, 2.24) is 4.90 Å². The molecular weight excluding hydrogens is 410 g/mol. The molecule has 0 aromatic heterocycles. The molecule has 1 aliphatic rings. The number of rotatable bonds is 13. The van der Waals surface area contributed by atoms with Crippen LogP contribution < -0.4 is 15.4 Å². The minimum absolute atomic E-state index is 0.00126. The van der Waals surface area contributed by atoms with Gasteiger partial charge in [-0.2, -0.15) is 0 Å². The topological polar surface area (TPSA) is 58.8 Å². The highest BCUT2D eigenvalue weighted by Gasteiger charge is 2.27. The molecule has 1 saturated carbocycles. The molecule has 0 aliphatic heterocycles. The van der Waals surface area contributed by atoms with E-state index in [0.717, 1.165) is 49.6 Å². The molecule has 5 heteroatoms. The number of carbonyl (C=O) groups is 1. The fourth-order valence-corrected chi connectivity index (χ4v) is 4.67. The van der Waals surface area contributed by atoms with Gasteiger partial charge in [-0.15, -0.1) is 0 Å². The van der Waals surface area contributed by atoms with Gasteiger partial charge in [0.05, 0.1) is 12.6 Å². The summed E-state index contributed by atoms with van der Waals surface area (Å²) < 4.78 is 5.95. The normalized spacial score (nSPS) is 15.0. The zero-order valence-electron chi connectivity index (χ0n) is 20.4. The number of hydrogen-bond donors (Lipinski definition) is 1. The first-order chi connectivity index (χ1) is 16.1. The Bertz CT molecular complexity index is 815. The molecule has 33 heavy (non-hydrogen) atoms. The van der Waals surface area contributed by atoms with Crippen LogP contribution in [0, 0.1) is 5.92 Å². The van der Waals surface area contributed by atoms with Crippen LogP contribution in [0.25, 0.3) is 0 Å². The van der Waals surface area contributed by atoms with Crippen molar-refractivity contribution in [3.63, 3.8) is 0 Å². The van der Waals surface area contributed by atoms with Crippen molar-refractivity contribution in [2.24, 2.45) is 11.7 Å². The maximum absolute atomic E-state index is 13.4. The number of nitrogens with zero attached hydrogens (tertiary/aromatic N) is 2. The molecular formula is C28H41N3O2. The van der Waals surface area contributed by atoms with Gasteiger partial charge >= 0.3 is 0 Å². The summed E-state index contributed by atoms with van der Waals surface area (Å²) in [4.78, 5) is 17.7. The van der Waals surface area contributed by atoms with E-state index < -0.39 is 6.04 Å². The minimum atomic E-state index is -0.551. The first kappa shape index (κ1) is 25.3. The molecule has 3 rings (SSSR count). The maximum atomic E-state index is 13.4. The van der Waals surface area contributed by atoms with Gasteiger partial charge in [0.1, 0.15) is 5.75 Å². The highest BCUT2D eigenvalue weighted by molar-refractivity contribution is 5.97. The third kappa shape index (κ3) is 7.86. The van der Waals surface area contributed by atoms with Gasteiger partial charge in [-0.1, -0.05) is 57.0 Å². The molecule has 0 spiro atoms. The van der Waals surface area contributed by atoms with Crippen LogP contribution in [0.3, 0.4) is 0 Å². The van der Waals surface area contributed by atoms with Gasteiger partial charge in [0, 0.05) is 18.8 Å². The summed E-state index contributed by atoms with van der Waals surface area (Å²) in [5.41, 5.74) is 8.40. The lowest BCUT2D eigenvalue weighted by molar-refractivity contribution is -0.120. The molecule has 0 unspecified atom stereocenters. The maximum Gasteiger partial charge on any atom is 0.244 e. The Morgan fingerprint density at radius 3 is 2.33 bits per heavy atom. The van der Waals surface area contributed by atoms with Crippen LogP contribution in [0.4, 0.5) is 5.69 Å². The van der Waals surface area contributed by atoms with E-state index in [1.54, 1.807) is 0 Å². The summed E-state index contributed by atoms with van der Waals surface area (Å²) in [6, 6.07) is 17.4. The molecule has 1 fully saturated rings. The van der Waals surface area contributed by atoms with E-state index in [1.807, 2.05) is 59.5 Å².